The van der Waals surface area contributed by atoms with Gasteiger partial charge in [0.2, 0.25) is 0 Å². The van der Waals surface area contributed by atoms with Gasteiger partial charge in [-0.3, -0.25) is 0 Å². The second kappa shape index (κ2) is 5.12. The van der Waals surface area contributed by atoms with Gasteiger partial charge < -0.3 is 10.1 Å². The van der Waals surface area contributed by atoms with Gasteiger partial charge in [0.25, 0.3) is 0 Å². The number of ether oxygens (including phenoxy) is 1. The first-order chi connectivity index (χ1) is 7.38. The normalized spacial score (nSPS) is 17.7. The van der Waals surface area contributed by atoms with E-state index in [1.165, 1.54) is 5.56 Å². The van der Waals surface area contributed by atoms with Crippen LogP contribution in [0.3, 0.4) is 0 Å². The number of anilines is 1. The molecule has 0 aromatic carbocycles. The Bertz CT molecular complexity index is 308. The van der Waals surface area contributed by atoms with E-state index in [-0.39, 0.29) is 0 Å². The largest absolute Gasteiger partial charge is 0.381 e. The molecule has 0 bridgehead atoms. The van der Waals surface area contributed by atoms with E-state index in [4.69, 9.17) is 4.74 Å². The van der Waals surface area contributed by atoms with Gasteiger partial charge in [0.05, 0.1) is 0 Å². The Morgan fingerprint density at radius 1 is 1.47 bits per heavy atom. The topological polar surface area (TPSA) is 34.2 Å². The Morgan fingerprint density at radius 2 is 2.27 bits per heavy atom. The van der Waals surface area contributed by atoms with Crippen LogP contribution in [0.25, 0.3) is 0 Å². The summed E-state index contributed by atoms with van der Waals surface area (Å²) in [7, 11) is 0. The maximum absolute atomic E-state index is 5.32. The Balaban J connectivity index is 1.96. The molecule has 0 aliphatic carbocycles. The third-order valence-corrected chi connectivity index (χ3v) is 2.81. The molecule has 1 aromatic rings. The highest BCUT2D eigenvalue weighted by molar-refractivity contribution is 5.38. The van der Waals surface area contributed by atoms with E-state index in [1.807, 2.05) is 6.20 Å². The van der Waals surface area contributed by atoms with Crippen LogP contribution in [-0.4, -0.2) is 24.2 Å². The number of aromatic nitrogens is 1. The Hall–Kier alpha value is -1.09. The average Bonchev–Trinajstić information content (AvgIpc) is 2.31. The van der Waals surface area contributed by atoms with Crippen LogP contribution in [-0.2, 0) is 11.2 Å². The van der Waals surface area contributed by atoms with Crippen LogP contribution in [0.1, 0.15) is 25.3 Å². The monoisotopic (exact) mass is 206 g/mol. The van der Waals surface area contributed by atoms with Crippen LogP contribution >= 0.6 is 0 Å². The number of hydrogen-bond donors (Lipinski definition) is 1. The van der Waals surface area contributed by atoms with E-state index in [9.17, 15) is 0 Å². The summed E-state index contributed by atoms with van der Waals surface area (Å²) in [5.41, 5.74) is 1.33. The molecule has 0 spiro atoms. The maximum Gasteiger partial charge on any atom is 0.126 e. The van der Waals surface area contributed by atoms with Gasteiger partial charge in [-0.2, -0.15) is 0 Å². The first kappa shape index (κ1) is 10.4. The molecule has 1 fully saturated rings. The van der Waals surface area contributed by atoms with Crippen molar-refractivity contribution in [2.75, 3.05) is 18.5 Å². The highest BCUT2D eigenvalue weighted by Gasteiger charge is 2.13. The lowest BCUT2D eigenvalue weighted by atomic mass is 10.1. The number of pyridine rings is 1. The highest BCUT2D eigenvalue weighted by Crippen LogP contribution is 2.14. The zero-order chi connectivity index (χ0) is 10.5. The molecular formula is C12H18N2O. The van der Waals surface area contributed by atoms with Crippen molar-refractivity contribution in [3.8, 4) is 0 Å². The first-order valence-corrected chi connectivity index (χ1v) is 5.67. The summed E-state index contributed by atoms with van der Waals surface area (Å²) < 4.78 is 5.32. The van der Waals surface area contributed by atoms with Crippen LogP contribution in [0.5, 0.6) is 0 Å². The zero-order valence-corrected chi connectivity index (χ0v) is 9.20. The first-order valence-electron chi connectivity index (χ1n) is 5.67. The number of hydrogen-bond acceptors (Lipinski definition) is 3. The van der Waals surface area contributed by atoms with Crippen molar-refractivity contribution >= 4 is 5.82 Å². The smallest absolute Gasteiger partial charge is 0.126 e. The average molecular weight is 206 g/mol. The Morgan fingerprint density at radius 3 is 3.00 bits per heavy atom. The van der Waals surface area contributed by atoms with E-state index in [1.54, 1.807) is 0 Å². The van der Waals surface area contributed by atoms with E-state index in [0.29, 0.717) is 6.04 Å². The lowest BCUT2D eigenvalue weighted by Gasteiger charge is -2.23. The van der Waals surface area contributed by atoms with E-state index in [2.05, 4.69) is 29.4 Å². The number of nitrogens with one attached hydrogen (secondary N) is 1. The van der Waals surface area contributed by atoms with Gasteiger partial charge in [0.1, 0.15) is 5.82 Å². The highest BCUT2D eigenvalue weighted by atomic mass is 16.5. The minimum absolute atomic E-state index is 0.526. The molecule has 0 atom stereocenters. The summed E-state index contributed by atoms with van der Waals surface area (Å²) in [6.45, 7) is 3.89. The summed E-state index contributed by atoms with van der Waals surface area (Å²) in [6, 6.07) is 4.73. The van der Waals surface area contributed by atoms with E-state index >= 15 is 0 Å². The van der Waals surface area contributed by atoms with Crippen LogP contribution in [0.4, 0.5) is 5.82 Å². The standard InChI is InChI=1S/C12H18N2O/c1-2-10-3-6-13-12(9-10)14-11-4-7-15-8-5-11/h3,6,9,11H,2,4-5,7-8H2,1H3,(H,13,14). The lowest BCUT2D eigenvalue weighted by molar-refractivity contribution is 0.0904. The molecule has 0 unspecified atom stereocenters. The fourth-order valence-corrected chi connectivity index (χ4v) is 1.82. The van der Waals surface area contributed by atoms with Crippen molar-refractivity contribution in [1.29, 1.82) is 0 Å². The van der Waals surface area contributed by atoms with Gasteiger partial charge in [0.15, 0.2) is 0 Å². The molecule has 15 heavy (non-hydrogen) atoms. The second-order valence-corrected chi connectivity index (χ2v) is 3.93. The van der Waals surface area contributed by atoms with Crippen LogP contribution < -0.4 is 5.32 Å². The summed E-state index contributed by atoms with van der Waals surface area (Å²) in [6.07, 6.45) is 5.10. The van der Waals surface area contributed by atoms with Gasteiger partial charge in [-0.05, 0) is 37.0 Å². The third kappa shape index (κ3) is 2.93. The molecule has 1 saturated heterocycles. The molecule has 1 aliphatic rings. The SMILES string of the molecule is CCc1ccnc(NC2CCOCC2)c1. The van der Waals surface area contributed by atoms with Crippen LogP contribution in [0.15, 0.2) is 18.3 Å². The van der Waals surface area contributed by atoms with Gasteiger partial charge in [-0.25, -0.2) is 4.98 Å². The number of rotatable bonds is 3. The molecule has 0 radical (unpaired) electrons. The summed E-state index contributed by atoms with van der Waals surface area (Å²) >= 11 is 0. The van der Waals surface area contributed by atoms with Crippen LogP contribution in [0, 0.1) is 0 Å². The van der Waals surface area contributed by atoms with Gasteiger partial charge in [-0.15, -0.1) is 0 Å². The van der Waals surface area contributed by atoms with Crippen LogP contribution in [0.2, 0.25) is 0 Å². The zero-order valence-electron chi connectivity index (χ0n) is 9.20. The molecule has 1 aromatic heterocycles. The molecule has 1 N–H and O–H groups in total. The van der Waals surface area contributed by atoms with Crippen molar-refractivity contribution in [3.05, 3.63) is 23.9 Å². The molecule has 2 rings (SSSR count). The van der Waals surface area contributed by atoms with Crippen molar-refractivity contribution in [1.82, 2.24) is 4.98 Å². The predicted molar refractivity (Wildman–Crippen MR) is 61.1 cm³/mol. The predicted octanol–water partition coefficient (Wildman–Crippen LogP) is 2.23. The Kier molecular flexibility index (Phi) is 3.56. The summed E-state index contributed by atoms with van der Waals surface area (Å²) in [5, 5.41) is 3.46. The van der Waals surface area contributed by atoms with Crippen molar-refractivity contribution in [2.45, 2.75) is 32.2 Å². The minimum Gasteiger partial charge on any atom is -0.381 e. The molecular weight excluding hydrogens is 188 g/mol. The summed E-state index contributed by atoms with van der Waals surface area (Å²) in [5.74, 6) is 1.00. The molecule has 3 nitrogen and oxygen atoms in total. The third-order valence-electron chi connectivity index (χ3n) is 2.81. The van der Waals surface area contributed by atoms with E-state index < -0.39 is 0 Å². The summed E-state index contributed by atoms with van der Waals surface area (Å²) in [4.78, 5) is 4.33. The van der Waals surface area contributed by atoms with Crippen molar-refractivity contribution < 1.29 is 4.74 Å². The van der Waals surface area contributed by atoms with Gasteiger partial charge in [0, 0.05) is 25.5 Å². The quantitative estimate of drug-likeness (QED) is 0.823. The van der Waals surface area contributed by atoms with Crippen molar-refractivity contribution in [3.63, 3.8) is 0 Å². The van der Waals surface area contributed by atoms with Gasteiger partial charge in [-0.1, -0.05) is 6.92 Å². The maximum atomic E-state index is 5.32. The number of aryl methyl sites for hydroxylation is 1. The second-order valence-electron chi connectivity index (χ2n) is 3.93. The fourth-order valence-electron chi connectivity index (χ4n) is 1.82. The molecule has 3 heteroatoms. The van der Waals surface area contributed by atoms with Gasteiger partial charge >= 0.3 is 0 Å². The van der Waals surface area contributed by atoms with Crippen molar-refractivity contribution in [2.24, 2.45) is 0 Å². The molecule has 2 heterocycles. The van der Waals surface area contributed by atoms with E-state index in [0.717, 1.165) is 38.3 Å². The minimum atomic E-state index is 0.526. The number of nitrogens with zero attached hydrogens (tertiary/aromatic N) is 1. The Labute approximate surface area is 90.9 Å². The fraction of sp³-hybridized carbons (Fsp3) is 0.583. The lowest BCUT2D eigenvalue weighted by Crippen LogP contribution is -2.28. The molecule has 0 saturated carbocycles. The molecule has 1 aliphatic heterocycles. The molecule has 82 valence electrons. The molecule has 0 amide bonds.